The van der Waals surface area contributed by atoms with Gasteiger partial charge in [0.2, 0.25) is 0 Å². The summed E-state index contributed by atoms with van der Waals surface area (Å²) in [6.07, 6.45) is 9.71. The third-order valence-corrected chi connectivity index (χ3v) is 8.61. The van der Waals surface area contributed by atoms with Crippen LogP contribution < -0.4 is 9.80 Å². The van der Waals surface area contributed by atoms with Crippen molar-refractivity contribution in [3.05, 3.63) is 47.4 Å². The Bertz CT molecular complexity index is 942. The summed E-state index contributed by atoms with van der Waals surface area (Å²) in [7, 11) is 0. The number of rotatable bonds is 5. The first-order valence-electron chi connectivity index (χ1n) is 13.2. The van der Waals surface area contributed by atoms with Crippen LogP contribution in [-0.2, 0) is 13.0 Å². The van der Waals surface area contributed by atoms with Crippen LogP contribution in [0.2, 0.25) is 0 Å². The molecule has 4 heterocycles. The van der Waals surface area contributed by atoms with Crippen LogP contribution in [0.15, 0.2) is 30.6 Å². The van der Waals surface area contributed by atoms with E-state index in [2.05, 4.69) is 50.8 Å². The average molecular weight is 447 g/mol. The highest BCUT2D eigenvalue weighted by Crippen LogP contribution is 2.33. The van der Waals surface area contributed by atoms with Gasteiger partial charge in [0.1, 0.15) is 12.1 Å². The van der Waals surface area contributed by atoms with Crippen LogP contribution in [-0.4, -0.2) is 71.6 Å². The molecule has 4 aliphatic rings. The molecule has 1 saturated carbocycles. The molecule has 6 heteroatoms. The van der Waals surface area contributed by atoms with Crippen molar-refractivity contribution in [2.24, 2.45) is 0 Å². The molecule has 0 spiro atoms. The molecule has 1 aromatic heterocycles. The fraction of sp³-hybridized carbons (Fsp3) is 0.630. The highest BCUT2D eigenvalue weighted by Gasteiger charge is 2.31. The Hall–Kier alpha value is -2.18. The van der Waals surface area contributed by atoms with E-state index in [4.69, 9.17) is 9.97 Å². The van der Waals surface area contributed by atoms with Gasteiger partial charge in [-0.2, -0.15) is 0 Å². The van der Waals surface area contributed by atoms with Crippen molar-refractivity contribution in [2.45, 2.75) is 64.1 Å². The fourth-order valence-electron chi connectivity index (χ4n) is 6.16. The lowest BCUT2D eigenvalue weighted by molar-refractivity contribution is 0.120. The number of hydrogen-bond acceptors (Lipinski definition) is 6. The van der Waals surface area contributed by atoms with E-state index in [1.54, 1.807) is 6.33 Å². The minimum absolute atomic E-state index is 0.398. The zero-order chi connectivity index (χ0) is 22.2. The maximum absolute atomic E-state index is 4.77. The van der Waals surface area contributed by atoms with E-state index < -0.39 is 0 Å². The molecule has 1 atom stereocenters. The van der Waals surface area contributed by atoms with Gasteiger partial charge in [0.05, 0.1) is 5.69 Å². The summed E-state index contributed by atoms with van der Waals surface area (Å²) >= 11 is 0. The summed E-state index contributed by atoms with van der Waals surface area (Å²) in [5, 5.41) is 0. The second-order valence-corrected chi connectivity index (χ2v) is 10.4. The molecule has 0 amide bonds. The van der Waals surface area contributed by atoms with Crippen LogP contribution in [0.25, 0.3) is 0 Å². The lowest BCUT2D eigenvalue weighted by atomic mass is 9.91. The summed E-state index contributed by atoms with van der Waals surface area (Å²) in [6, 6.07) is 10.6. The van der Waals surface area contributed by atoms with Crippen molar-refractivity contribution in [2.75, 3.05) is 55.6 Å². The predicted molar refractivity (Wildman–Crippen MR) is 134 cm³/mol. The Morgan fingerprint density at radius 2 is 1.58 bits per heavy atom. The average Bonchev–Trinajstić information content (AvgIpc) is 3.38. The summed E-state index contributed by atoms with van der Waals surface area (Å²) in [5.74, 6) is 1.20. The predicted octanol–water partition coefficient (Wildman–Crippen LogP) is 3.87. The molecule has 0 bridgehead atoms. The van der Waals surface area contributed by atoms with Gasteiger partial charge in [-0.1, -0.05) is 18.6 Å². The van der Waals surface area contributed by atoms with E-state index in [-0.39, 0.29) is 0 Å². The molecule has 1 aromatic carbocycles. The van der Waals surface area contributed by atoms with E-state index in [9.17, 15) is 0 Å². The molecule has 6 rings (SSSR count). The van der Waals surface area contributed by atoms with Crippen molar-refractivity contribution >= 4 is 11.5 Å². The number of fused-ring (bicyclic) bond motifs is 1. The molecule has 6 nitrogen and oxygen atoms in total. The van der Waals surface area contributed by atoms with Crippen molar-refractivity contribution in [3.8, 4) is 0 Å². The van der Waals surface area contributed by atoms with E-state index >= 15 is 0 Å². The maximum Gasteiger partial charge on any atom is 0.135 e. The molecule has 1 aliphatic carbocycles. The second kappa shape index (κ2) is 9.22. The van der Waals surface area contributed by atoms with Gasteiger partial charge in [0.15, 0.2) is 0 Å². The summed E-state index contributed by atoms with van der Waals surface area (Å²) in [6.45, 7) is 11.3. The van der Waals surface area contributed by atoms with Crippen LogP contribution in [0.4, 0.5) is 11.5 Å². The van der Waals surface area contributed by atoms with Gasteiger partial charge >= 0.3 is 0 Å². The lowest BCUT2D eigenvalue weighted by Crippen LogP contribution is -2.52. The smallest absolute Gasteiger partial charge is 0.135 e. The first-order valence-corrected chi connectivity index (χ1v) is 13.2. The van der Waals surface area contributed by atoms with Gasteiger partial charge in [0.25, 0.3) is 0 Å². The van der Waals surface area contributed by atoms with Crippen molar-refractivity contribution in [3.63, 3.8) is 0 Å². The Labute approximate surface area is 198 Å². The molecular formula is C27H38N6. The topological polar surface area (TPSA) is 38.7 Å². The third-order valence-electron chi connectivity index (χ3n) is 8.61. The van der Waals surface area contributed by atoms with Gasteiger partial charge in [-0.05, 0) is 56.7 Å². The normalized spacial score (nSPS) is 23.4. The molecule has 3 aliphatic heterocycles. The van der Waals surface area contributed by atoms with E-state index in [1.165, 1.54) is 86.6 Å². The number of hydrogen-bond donors (Lipinski definition) is 0. The standard InChI is InChI=1S/C27H38N6/c1-21(22-7-9-24(10-8-22)30-12-2-3-13-30)33-14-11-25-26(19-33)28-20-29-27(25)32-17-15-31(16-18-32)23-5-4-6-23/h7-10,20-21,23H,2-6,11-19H2,1H3. The van der Waals surface area contributed by atoms with Gasteiger partial charge in [-0.15, -0.1) is 0 Å². The molecule has 0 radical (unpaired) electrons. The molecule has 2 saturated heterocycles. The summed E-state index contributed by atoms with van der Waals surface area (Å²) < 4.78 is 0. The van der Waals surface area contributed by atoms with E-state index in [0.717, 1.165) is 38.6 Å². The Morgan fingerprint density at radius 3 is 2.27 bits per heavy atom. The SMILES string of the molecule is CC(c1ccc(N2CCCC2)cc1)N1CCc2c(ncnc2N2CCN(C3CCC3)CC2)C1. The van der Waals surface area contributed by atoms with E-state index in [0.29, 0.717) is 6.04 Å². The van der Waals surface area contributed by atoms with E-state index in [1.807, 2.05) is 0 Å². The quantitative estimate of drug-likeness (QED) is 0.694. The molecule has 3 fully saturated rings. The Balaban J connectivity index is 1.12. The van der Waals surface area contributed by atoms with Gasteiger partial charge in [-0.25, -0.2) is 9.97 Å². The lowest BCUT2D eigenvalue weighted by Gasteiger charge is -2.44. The van der Waals surface area contributed by atoms with Crippen molar-refractivity contribution < 1.29 is 0 Å². The first kappa shape index (κ1) is 21.4. The number of anilines is 2. The highest BCUT2D eigenvalue weighted by molar-refractivity contribution is 5.51. The number of benzene rings is 1. The van der Waals surface area contributed by atoms with Gasteiger partial charge in [0, 0.05) is 75.7 Å². The van der Waals surface area contributed by atoms with Crippen LogP contribution in [0.1, 0.15) is 61.9 Å². The third kappa shape index (κ3) is 4.24. The summed E-state index contributed by atoms with van der Waals surface area (Å²) in [4.78, 5) is 19.8. The number of aromatic nitrogens is 2. The van der Waals surface area contributed by atoms with Crippen molar-refractivity contribution in [1.29, 1.82) is 0 Å². The van der Waals surface area contributed by atoms with Crippen molar-refractivity contribution in [1.82, 2.24) is 19.8 Å². The van der Waals surface area contributed by atoms with Crippen LogP contribution in [0.3, 0.4) is 0 Å². The Kier molecular flexibility index (Phi) is 5.97. The minimum Gasteiger partial charge on any atom is -0.372 e. The fourth-order valence-corrected chi connectivity index (χ4v) is 6.16. The van der Waals surface area contributed by atoms with Gasteiger partial charge in [-0.3, -0.25) is 9.80 Å². The summed E-state index contributed by atoms with van der Waals surface area (Å²) in [5.41, 5.74) is 5.40. The first-order chi connectivity index (χ1) is 16.3. The monoisotopic (exact) mass is 446 g/mol. The molecular weight excluding hydrogens is 408 g/mol. The zero-order valence-electron chi connectivity index (χ0n) is 20.1. The highest BCUT2D eigenvalue weighted by atomic mass is 15.3. The molecule has 33 heavy (non-hydrogen) atoms. The maximum atomic E-state index is 4.77. The second-order valence-electron chi connectivity index (χ2n) is 10.4. The Morgan fingerprint density at radius 1 is 0.818 bits per heavy atom. The van der Waals surface area contributed by atoms with Crippen LogP contribution in [0.5, 0.6) is 0 Å². The number of nitrogens with zero attached hydrogens (tertiary/aromatic N) is 6. The molecule has 0 N–H and O–H groups in total. The van der Waals surface area contributed by atoms with Crippen LogP contribution >= 0.6 is 0 Å². The molecule has 1 unspecified atom stereocenters. The zero-order valence-corrected chi connectivity index (χ0v) is 20.1. The number of piperazine rings is 1. The van der Waals surface area contributed by atoms with Gasteiger partial charge < -0.3 is 9.80 Å². The molecule has 176 valence electrons. The largest absolute Gasteiger partial charge is 0.372 e. The minimum atomic E-state index is 0.398. The molecule has 2 aromatic rings. The van der Waals surface area contributed by atoms with Crippen LogP contribution in [0, 0.1) is 0 Å².